The van der Waals surface area contributed by atoms with Crippen LogP contribution in [0.25, 0.3) is 0 Å². The van der Waals surface area contributed by atoms with E-state index in [1.807, 2.05) is 29.8 Å². The van der Waals surface area contributed by atoms with E-state index in [4.69, 9.17) is 16.1 Å². The number of carboxylic acid groups (broad SMARTS) is 1. The van der Waals surface area contributed by atoms with Crippen molar-refractivity contribution in [2.24, 2.45) is 5.73 Å². The van der Waals surface area contributed by atoms with E-state index in [1.165, 1.54) is 18.2 Å². The van der Waals surface area contributed by atoms with Crippen LogP contribution in [0, 0.1) is 5.41 Å². The van der Waals surface area contributed by atoms with Crippen LogP contribution >= 0.6 is 22.7 Å². The highest BCUT2D eigenvalue weighted by Crippen LogP contribution is 2.27. The number of carboxylic acids is 1. The third-order valence-electron chi connectivity index (χ3n) is 7.62. The van der Waals surface area contributed by atoms with Crippen LogP contribution in [-0.4, -0.2) is 85.0 Å². The number of pyridine rings is 1. The van der Waals surface area contributed by atoms with Gasteiger partial charge in [0.15, 0.2) is 11.1 Å². The van der Waals surface area contributed by atoms with Gasteiger partial charge in [-0.2, -0.15) is 0 Å². The Morgan fingerprint density at radius 1 is 1.06 bits per heavy atom. The maximum absolute atomic E-state index is 13.3. The molecule has 1 amide bonds. The molecule has 0 bridgehead atoms. The van der Waals surface area contributed by atoms with Crippen LogP contribution in [0.4, 0.5) is 16.5 Å². The molecule has 0 unspecified atom stereocenters. The van der Waals surface area contributed by atoms with Gasteiger partial charge in [0.1, 0.15) is 10.9 Å². The largest absolute Gasteiger partial charge is 0.480 e. The molecule has 0 radical (unpaired) electrons. The third kappa shape index (κ3) is 10.1. The third-order valence-corrected chi connectivity index (χ3v) is 10.8. The molecule has 3 aromatic heterocycles. The number of benzene rings is 1. The highest BCUT2D eigenvalue weighted by molar-refractivity contribution is 7.92. The summed E-state index contributed by atoms with van der Waals surface area (Å²) < 4.78 is 29.2. The van der Waals surface area contributed by atoms with Crippen LogP contribution in [0.1, 0.15) is 33.9 Å². The number of anilines is 3. The number of guanidine groups is 1. The zero-order valence-electron chi connectivity index (χ0n) is 26.5. The van der Waals surface area contributed by atoms with E-state index in [1.54, 1.807) is 28.8 Å². The van der Waals surface area contributed by atoms with Crippen molar-refractivity contribution in [2.75, 3.05) is 47.7 Å². The highest BCUT2D eigenvalue weighted by atomic mass is 32.2. The lowest BCUT2D eigenvalue weighted by Gasteiger charge is -2.34. The zero-order chi connectivity index (χ0) is 34.8. The Labute approximate surface area is 292 Å². The number of hydrogen-bond acceptors (Lipinski definition) is 12. The minimum absolute atomic E-state index is 0.0148. The SMILES string of the molecule is N=C(N)NCCC[C@H](NC(=O)c1sccc1NS(=O)(=O)c1cccc(NCc2csc(N3CCN(Cc4ccccn4)CC3)n2)c1)C(=O)O. The molecule has 1 aliphatic heterocycles. The summed E-state index contributed by atoms with van der Waals surface area (Å²) in [6, 6.07) is 12.5. The Hall–Kier alpha value is -4.78. The van der Waals surface area contributed by atoms with Crippen LogP contribution in [0.3, 0.4) is 0 Å². The summed E-state index contributed by atoms with van der Waals surface area (Å²) in [6.45, 7) is 5.07. The molecule has 1 atom stereocenters. The minimum Gasteiger partial charge on any atom is -0.480 e. The number of amides is 1. The molecule has 5 rings (SSSR count). The lowest BCUT2D eigenvalue weighted by atomic mass is 10.1. The van der Waals surface area contributed by atoms with Crippen molar-refractivity contribution in [1.29, 1.82) is 5.41 Å². The Kier molecular flexibility index (Phi) is 12.0. The van der Waals surface area contributed by atoms with Crippen molar-refractivity contribution < 1.29 is 23.1 Å². The lowest BCUT2D eigenvalue weighted by molar-refractivity contribution is -0.139. The minimum atomic E-state index is -4.10. The quantitative estimate of drug-likeness (QED) is 0.0504. The van der Waals surface area contributed by atoms with Gasteiger partial charge in [0.2, 0.25) is 0 Å². The van der Waals surface area contributed by atoms with Gasteiger partial charge in [0.05, 0.1) is 28.5 Å². The highest BCUT2D eigenvalue weighted by Gasteiger charge is 2.25. The van der Waals surface area contributed by atoms with Crippen molar-refractivity contribution >= 4 is 67.0 Å². The first-order valence-electron chi connectivity index (χ1n) is 15.4. The fourth-order valence-electron chi connectivity index (χ4n) is 5.09. The molecule has 1 aliphatic rings. The van der Waals surface area contributed by atoms with Crippen LogP contribution in [0.5, 0.6) is 0 Å². The Morgan fingerprint density at radius 3 is 2.61 bits per heavy atom. The molecule has 0 saturated carbocycles. The smallest absolute Gasteiger partial charge is 0.326 e. The predicted octanol–water partition coefficient (Wildman–Crippen LogP) is 2.78. The summed E-state index contributed by atoms with van der Waals surface area (Å²) in [5.74, 6) is -2.19. The van der Waals surface area contributed by atoms with Crippen LogP contribution < -0.4 is 31.3 Å². The van der Waals surface area contributed by atoms with Gasteiger partial charge in [-0.15, -0.1) is 22.7 Å². The van der Waals surface area contributed by atoms with E-state index in [0.29, 0.717) is 18.7 Å². The Balaban J connectivity index is 1.14. The van der Waals surface area contributed by atoms with E-state index >= 15 is 0 Å². The molecule has 1 aromatic carbocycles. The second-order valence-corrected chi connectivity index (χ2v) is 14.6. The molecule has 0 spiro atoms. The number of rotatable bonds is 16. The number of carbonyl (C=O) groups excluding carboxylic acids is 1. The average molecular weight is 727 g/mol. The molecule has 18 heteroatoms. The maximum Gasteiger partial charge on any atom is 0.326 e. The number of aromatic nitrogens is 2. The van der Waals surface area contributed by atoms with Crippen molar-refractivity contribution in [3.63, 3.8) is 0 Å². The maximum atomic E-state index is 13.3. The molecule has 260 valence electrons. The summed E-state index contributed by atoms with van der Waals surface area (Å²) in [7, 11) is -4.10. The Morgan fingerprint density at radius 2 is 1.88 bits per heavy atom. The number of nitrogens with zero attached hydrogens (tertiary/aromatic N) is 4. The molecular formula is C31H38N10O5S3. The second-order valence-electron chi connectivity index (χ2n) is 11.2. The summed E-state index contributed by atoms with van der Waals surface area (Å²) in [5.41, 5.74) is 7.75. The van der Waals surface area contributed by atoms with Gasteiger partial charge < -0.3 is 31.7 Å². The number of sulfonamides is 1. The molecule has 4 heterocycles. The number of thiophene rings is 1. The molecule has 0 aliphatic carbocycles. The number of nitrogens with one attached hydrogen (secondary N) is 5. The predicted molar refractivity (Wildman–Crippen MR) is 191 cm³/mol. The van der Waals surface area contributed by atoms with Crippen molar-refractivity contribution in [3.05, 3.63) is 81.8 Å². The van der Waals surface area contributed by atoms with Crippen LogP contribution in [-0.2, 0) is 27.9 Å². The summed E-state index contributed by atoms with van der Waals surface area (Å²) in [5, 5.41) is 29.5. The van der Waals surface area contributed by atoms with E-state index in [-0.39, 0.29) is 34.4 Å². The van der Waals surface area contributed by atoms with Crippen molar-refractivity contribution in [3.8, 4) is 0 Å². The number of thiazole rings is 1. The van der Waals surface area contributed by atoms with Gasteiger partial charge in [0, 0.05) is 56.5 Å². The van der Waals surface area contributed by atoms with E-state index in [0.717, 1.165) is 60.6 Å². The number of carbonyl (C=O) groups is 2. The number of piperazine rings is 1. The van der Waals surface area contributed by atoms with Gasteiger partial charge in [-0.3, -0.25) is 24.8 Å². The molecular weight excluding hydrogens is 689 g/mol. The van der Waals surface area contributed by atoms with E-state index in [2.05, 4.69) is 35.5 Å². The first-order chi connectivity index (χ1) is 23.6. The molecule has 4 aromatic rings. The lowest BCUT2D eigenvalue weighted by Crippen LogP contribution is -2.46. The summed E-state index contributed by atoms with van der Waals surface area (Å²) in [4.78, 5) is 38.6. The average Bonchev–Trinajstić information content (AvgIpc) is 3.76. The van der Waals surface area contributed by atoms with E-state index in [9.17, 15) is 23.1 Å². The van der Waals surface area contributed by atoms with Crippen LogP contribution in [0.15, 0.2) is 70.4 Å². The first kappa shape index (κ1) is 35.5. The standard InChI is InChI=1S/C31H38N10O5S3/c32-30(33)35-11-4-8-26(29(43)44)38-28(42)27-25(9-16-47-27)39-49(45,46)24-7-3-6-21(17-24)36-18-23-20-48-31(37-23)41-14-12-40(13-15-41)19-22-5-1-2-10-34-22/h1-3,5-7,9-10,16-17,20,26,36,39H,4,8,11-15,18-19H2,(H,38,42)(H,43,44)(H4,32,33,35)/t26-/m0/s1. The van der Waals surface area contributed by atoms with Crippen molar-refractivity contribution in [1.82, 2.24) is 25.5 Å². The second kappa shape index (κ2) is 16.6. The number of nitrogens with two attached hydrogens (primary N) is 1. The Bertz CT molecular complexity index is 1840. The normalized spacial score (nSPS) is 14.2. The molecule has 49 heavy (non-hydrogen) atoms. The molecule has 1 fully saturated rings. The zero-order valence-corrected chi connectivity index (χ0v) is 28.9. The summed E-state index contributed by atoms with van der Waals surface area (Å²) >= 11 is 2.56. The number of aliphatic carboxylic acids is 1. The van der Waals surface area contributed by atoms with Crippen molar-refractivity contribution in [2.45, 2.75) is 36.9 Å². The van der Waals surface area contributed by atoms with E-state index < -0.39 is 27.9 Å². The van der Waals surface area contributed by atoms with Crippen LogP contribution in [0.2, 0.25) is 0 Å². The molecule has 1 saturated heterocycles. The van der Waals surface area contributed by atoms with Gasteiger partial charge >= 0.3 is 5.97 Å². The van der Waals surface area contributed by atoms with Gasteiger partial charge in [-0.05, 0) is 54.6 Å². The number of hydrogen-bond donors (Lipinski definition) is 7. The fourth-order valence-corrected chi connectivity index (χ4v) is 7.90. The molecule has 8 N–H and O–H groups in total. The first-order valence-corrected chi connectivity index (χ1v) is 18.7. The fraction of sp³-hybridized carbons (Fsp3) is 0.323. The molecule has 15 nitrogen and oxygen atoms in total. The summed E-state index contributed by atoms with van der Waals surface area (Å²) in [6.07, 6.45) is 2.23. The monoisotopic (exact) mass is 726 g/mol. The van der Waals surface area contributed by atoms with Gasteiger partial charge in [-0.25, -0.2) is 18.2 Å². The van der Waals surface area contributed by atoms with Gasteiger partial charge in [-0.1, -0.05) is 12.1 Å². The van der Waals surface area contributed by atoms with Gasteiger partial charge in [0.25, 0.3) is 15.9 Å². The topological polar surface area (TPSA) is 219 Å².